The molecule has 0 unspecified atom stereocenters. The monoisotopic (exact) mass is 158 g/mol. The first-order valence-corrected chi connectivity index (χ1v) is 2.21. The molecular formula is C6H6O5. The van der Waals surface area contributed by atoms with Gasteiger partial charge in [-0.3, -0.25) is 0 Å². The van der Waals surface area contributed by atoms with Gasteiger partial charge in [0.05, 0.1) is 11.9 Å². The molecule has 0 bridgehead atoms. The molecule has 4 radical (unpaired) electrons. The summed E-state index contributed by atoms with van der Waals surface area (Å²) >= 11 is 0. The van der Waals surface area contributed by atoms with Gasteiger partial charge >= 0.3 is 5.48 Å². The van der Waals surface area contributed by atoms with Gasteiger partial charge in [-0.05, 0) is 12.2 Å². The van der Waals surface area contributed by atoms with Crippen LogP contribution in [-0.4, -0.2) is 11.9 Å². The number of carboxylic acids is 2. The van der Waals surface area contributed by atoms with E-state index in [0.717, 1.165) is 12.2 Å². The molecule has 0 saturated heterocycles. The van der Waals surface area contributed by atoms with Crippen molar-refractivity contribution in [3.05, 3.63) is 25.3 Å². The normalized spacial score (nSPS) is 5.82. The summed E-state index contributed by atoms with van der Waals surface area (Å²) in [6.07, 6.45) is 1.44. The molecule has 0 amide bonds. The van der Waals surface area contributed by atoms with E-state index in [1.165, 1.54) is 0 Å². The summed E-state index contributed by atoms with van der Waals surface area (Å²) in [6.45, 7) is 5.80. The number of aliphatic carboxylic acids is 2. The molecule has 5 nitrogen and oxygen atoms in total. The van der Waals surface area contributed by atoms with Gasteiger partial charge in [0, 0.05) is 0 Å². The Morgan fingerprint density at radius 2 is 1.09 bits per heavy atom. The van der Waals surface area contributed by atoms with Crippen LogP contribution < -0.4 is 10.2 Å². The molecule has 0 rings (SSSR count). The highest BCUT2D eigenvalue weighted by atomic mass is 16.4. The van der Waals surface area contributed by atoms with Crippen molar-refractivity contribution in [3.63, 3.8) is 0 Å². The highest BCUT2D eigenvalue weighted by Crippen LogP contribution is 1.47. The predicted octanol–water partition coefficient (Wildman–Crippen LogP) is -2.27. The molecule has 0 aromatic rings. The van der Waals surface area contributed by atoms with Crippen molar-refractivity contribution in [3.8, 4) is 0 Å². The minimum atomic E-state index is -1.23. The predicted molar refractivity (Wildman–Crippen MR) is 31.1 cm³/mol. The molecule has 0 saturated carbocycles. The van der Waals surface area contributed by atoms with Crippen molar-refractivity contribution in [2.45, 2.75) is 0 Å². The van der Waals surface area contributed by atoms with Crippen LogP contribution in [0.2, 0.25) is 0 Å². The number of carbonyl (C=O) groups excluding carboxylic acids is 2. The fourth-order valence-corrected chi connectivity index (χ4v) is 0. The van der Waals surface area contributed by atoms with Crippen molar-refractivity contribution >= 4 is 11.9 Å². The maximum Gasteiger partial charge on any atom is 2.00 e. The maximum atomic E-state index is 9.14. The molecule has 5 heteroatoms. The Kier molecular flexibility index (Phi) is 16.5. The van der Waals surface area contributed by atoms with Gasteiger partial charge in [0.1, 0.15) is 0 Å². The highest BCUT2D eigenvalue weighted by molar-refractivity contribution is 5.76. The second-order valence-electron chi connectivity index (χ2n) is 1.05. The minimum absolute atomic E-state index is 0. The number of carbonyl (C=O) groups is 2. The summed E-state index contributed by atoms with van der Waals surface area (Å²) in [5.74, 6) is -2.46. The lowest BCUT2D eigenvalue weighted by Crippen LogP contribution is -2.17. The lowest BCUT2D eigenvalue weighted by Gasteiger charge is -1.81. The third kappa shape index (κ3) is 60.2. The van der Waals surface area contributed by atoms with E-state index in [1.54, 1.807) is 0 Å². The Hall–Kier alpha value is -1.62. The van der Waals surface area contributed by atoms with Gasteiger partial charge in [0.2, 0.25) is 0 Å². The van der Waals surface area contributed by atoms with Crippen molar-refractivity contribution in [1.29, 1.82) is 0 Å². The SMILES string of the molecule is C=CC(=O)[O-].C=CC(=O)[O-].[O+2]. The second-order valence-corrected chi connectivity index (χ2v) is 1.05. The van der Waals surface area contributed by atoms with Crippen LogP contribution in [0.25, 0.3) is 0 Å². The zero-order chi connectivity index (χ0) is 8.57. The Balaban J connectivity index is -0.000000107. The van der Waals surface area contributed by atoms with Crippen LogP contribution in [0.1, 0.15) is 0 Å². The molecule has 0 aromatic carbocycles. The summed E-state index contributed by atoms with van der Waals surface area (Å²) in [5.41, 5.74) is 0. The largest absolute Gasteiger partial charge is 2.00 e. The van der Waals surface area contributed by atoms with Crippen LogP contribution in [0.5, 0.6) is 0 Å². The third-order valence-corrected chi connectivity index (χ3v) is 0.333. The quantitative estimate of drug-likeness (QED) is 0.422. The molecule has 11 heavy (non-hydrogen) atoms. The molecule has 60 valence electrons. The molecule has 0 N–H and O–H groups in total. The zero-order valence-electron chi connectivity index (χ0n) is 5.61. The maximum absolute atomic E-state index is 9.14. The first-order valence-electron chi connectivity index (χ1n) is 2.21. The zero-order valence-corrected chi connectivity index (χ0v) is 5.61. The lowest BCUT2D eigenvalue weighted by atomic mass is 10.7. The van der Waals surface area contributed by atoms with Gasteiger partial charge in [-0.1, -0.05) is 13.2 Å². The van der Waals surface area contributed by atoms with Crippen molar-refractivity contribution < 1.29 is 25.3 Å². The molecule has 0 aromatic heterocycles. The van der Waals surface area contributed by atoms with Crippen LogP contribution in [-0.2, 0) is 15.1 Å². The fourth-order valence-electron chi connectivity index (χ4n) is 0. The Labute approximate surface area is 63.6 Å². The van der Waals surface area contributed by atoms with Gasteiger partial charge in [0.25, 0.3) is 0 Å². The van der Waals surface area contributed by atoms with E-state index in [9.17, 15) is 0 Å². The molecule has 0 aliphatic heterocycles. The molecule has 0 fully saturated rings. The van der Waals surface area contributed by atoms with Crippen molar-refractivity contribution in [2.24, 2.45) is 0 Å². The van der Waals surface area contributed by atoms with Gasteiger partial charge in [-0.15, -0.1) is 0 Å². The Morgan fingerprint density at radius 1 is 1.00 bits per heavy atom. The lowest BCUT2D eigenvalue weighted by molar-refractivity contribution is -0.298. The second kappa shape index (κ2) is 11.2. The number of hydrogen-bond acceptors (Lipinski definition) is 4. The molecule has 0 atom stereocenters. The average molecular weight is 158 g/mol. The van der Waals surface area contributed by atoms with Crippen molar-refractivity contribution in [2.75, 3.05) is 0 Å². The molecule has 0 heterocycles. The standard InChI is InChI=1S/2C3H4O2.O/c2*1-2-3(4)5;/h2*2H,1H2,(H,4,5);/q;;+2/p-2. The number of carboxylic acid groups (broad SMARTS) is 2. The van der Waals surface area contributed by atoms with Crippen molar-refractivity contribution in [1.82, 2.24) is 0 Å². The van der Waals surface area contributed by atoms with Crippen LogP contribution in [0.4, 0.5) is 0 Å². The van der Waals surface area contributed by atoms with E-state index in [0.29, 0.717) is 0 Å². The Bertz CT molecular complexity index is 131. The topological polar surface area (TPSA) is 109 Å². The molecular weight excluding hydrogens is 152 g/mol. The smallest absolute Gasteiger partial charge is 0.545 e. The van der Waals surface area contributed by atoms with Gasteiger partial charge in [0.15, 0.2) is 0 Å². The molecule has 0 aliphatic rings. The van der Waals surface area contributed by atoms with Gasteiger partial charge < -0.3 is 19.8 Å². The first kappa shape index (κ1) is 16.2. The fraction of sp³-hybridized carbons (Fsp3) is 0. The summed E-state index contributed by atoms with van der Waals surface area (Å²) in [4.78, 5) is 18.3. The minimum Gasteiger partial charge on any atom is -0.545 e. The van der Waals surface area contributed by atoms with E-state index in [-0.39, 0.29) is 5.48 Å². The van der Waals surface area contributed by atoms with Crippen LogP contribution >= 0.6 is 0 Å². The van der Waals surface area contributed by atoms with E-state index >= 15 is 0 Å². The van der Waals surface area contributed by atoms with E-state index in [1.807, 2.05) is 0 Å². The van der Waals surface area contributed by atoms with Gasteiger partial charge in [-0.25, -0.2) is 0 Å². The molecule has 0 aliphatic carbocycles. The summed E-state index contributed by atoms with van der Waals surface area (Å²) < 4.78 is 0. The Morgan fingerprint density at radius 3 is 1.09 bits per heavy atom. The summed E-state index contributed by atoms with van der Waals surface area (Å²) in [6, 6.07) is 0. The number of hydrogen-bond donors (Lipinski definition) is 0. The number of rotatable bonds is 2. The first-order chi connectivity index (χ1) is 4.54. The van der Waals surface area contributed by atoms with E-state index in [4.69, 9.17) is 19.8 Å². The third-order valence-electron chi connectivity index (χ3n) is 0.333. The van der Waals surface area contributed by atoms with Crippen LogP contribution in [0.15, 0.2) is 25.3 Å². The summed E-state index contributed by atoms with van der Waals surface area (Å²) in [5, 5.41) is 18.3. The molecule has 0 spiro atoms. The van der Waals surface area contributed by atoms with Crippen LogP contribution in [0.3, 0.4) is 0 Å². The van der Waals surface area contributed by atoms with E-state index < -0.39 is 11.9 Å². The average Bonchev–Trinajstić information content (AvgIpc) is 1.89. The van der Waals surface area contributed by atoms with Gasteiger partial charge in [-0.2, -0.15) is 0 Å². The van der Waals surface area contributed by atoms with E-state index in [2.05, 4.69) is 13.2 Å². The van der Waals surface area contributed by atoms with Crippen LogP contribution in [0, 0.1) is 0 Å². The highest BCUT2D eigenvalue weighted by Gasteiger charge is 2.00. The summed E-state index contributed by atoms with van der Waals surface area (Å²) in [7, 11) is 0.